The van der Waals surface area contributed by atoms with Crippen molar-refractivity contribution in [1.82, 2.24) is 28.4 Å². The summed E-state index contributed by atoms with van der Waals surface area (Å²) in [5, 5.41) is 0. The van der Waals surface area contributed by atoms with E-state index in [1.807, 2.05) is 0 Å². The lowest BCUT2D eigenvalue weighted by molar-refractivity contribution is 0.249. The largest absolute Gasteiger partial charge is 0.371 e. The molecule has 4 aliphatic heterocycles. The molecule has 1 saturated carbocycles. The molecule has 0 spiro atoms. The van der Waals surface area contributed by atoms with E-state index < -0.39 is 30.1 Å². The second kappa shape index (κ2) is 28.6. The third-order valence-electron chi connectivity index (χ3n) is 17.0. The minimum Gasteiger partial charge on any atom is -0.371 e. The number of hydrogen-bond acceptors (Lipinski definition) is 12. The fourth-order valence-corrected chi connectivity index (χ4v) is 15.1. The predicted molar refractivity (Wildman–Crippen MR) is 327 cm³/mol. The molecule has 0 radical (unpaired) electrons. The molecule has 0 bridgehead atoms. The van der Waals surface area contributed by atoms with Gasteiger partial charge in [0.05, 0.1) is 17.8 Å². The summed E-state index contributed by atoms with van der Waals surface area (Å²) in [7, 11) is 3.10. The summed E-state index contributed by atoms with van der Waals surface area (Å²) in [6.07, 6.45) is 13.0. The van der Waals surface area contributed by atoms with Gasteiger partial charge in [0.25, 0.3) is 0 Å². The van der Waals surface area contributed by atoms with Crippen LogP contribution in [-0.2, 0) is 48.1 Å². The van der Waals surface area contributed by atoms with Crippen molar-refractivity contribution in [1.29, 1.82) is 0 Å². The van der Waals surface area contributed by atoms with E-state index in [0.29, 0.717) is 55.5 Å². The van der Waals surface area contributed by atoms with Gasteiger partial charge in [-0.2, -0.15) is 0 Å². The Morgan fingerprint density at radius 3 is 1.14 bits per heavy atom. The van der Waals surface area contributed by atoms with Gasteiger partial charge in [-0.05, 0) is 176 Å². The molecule has 0 aromatic heterocycles. The third kappa shape index (κ3) is 18.6. The zero-order valence-corrected chi connectivity index (χ0v) is 52.5. The van der Waals surface area contributed by atoms with Crippen molar-refractivity contribution >= 4 is 47.1 Å². The first-order chi connectivity index (χ1) is 36.7. The summed E-state index contributed by atoms with van der Waals surface area (Å²) < 4.78 is 81.6. The van der Waals surface area contributed by atoms with E-state index in [1.54, 1.807) is 4.31 Å². The van der Waals surface area contributed by atoms with Gasteiger partial charge in [0.1, 0.15) is 0 Å². The zero-order chi connectivity index (χ0) is 57.1. The molecule has 2 N–H and O–H groups in total. The number of piperidine rings is 3. The van der Waals surface area contributed by atoms with Crippen LogP contribution in [0.4, 0.5) is 17.1 Å². The first kappa shape index (κ1) is 63.8. The Kier molecular flexibility index (Phi) is 23.4. The molecule has 4 saturated heterocycles. The van der Waals surface area contributed by atoms with Crippen LogP contribution in [0.3, 0.4) is 0 Å². The minimum absolute atomic E-state index is 0.0764. The number of nitrogens with one attached hydrogen (secondary N) is 2. The highest BCUT2D eigenvalue weighted by Crippen LogP contribution is 2.34. The van der Waals surface area contributed by atoms with Crippen LogP contribution in [0.5, 0.6) is 0 Å². The summed E-state index contributed by atoms with van der Waals surface area (Å²) in [6.45, 7) is 20.6. The molecule has 0 atom stereocenters. The van der Waals surface area contributed by atoms with Gasteiger partial charge in [0.2, 0.25) is 30.1 Å². The monoisotopic (exact) mass is 1140 g/mol. The Morgan fingerprint density at radius 1 is 0.474 bits per heavy atom. The summed E-state index contributed by atoms with van der Waals surface area (Å²) >= 11 is 0. The van der Waals surface area contributed by atoms with E-state index >= 15 is 0 Å². The maximum absolute atomic E-state index is 13.0. The van der Waals surface area contributed by atoms with Crippen molar-refractivity contribution in [2.24, 2.45) is 0 Å². The highest BCUT2D eigenvalue weighted by molar-refractivity contribution is 7.89. The number of sulfonamides is 3. The van der Waals surface area contributed by atoms with Gasteiger partial charge >= 0.3 is 0 Å². The maximum atomic E-state index is 13.0. The van der Waals surface area contributed by atoms with Crippen molar-refractivity contribution in [2.45, 2.75) is 172 Å². The maximum Gasteiger partial charge on any atom is 0.218 e. The van der Waals surface area contributed by atoms with Gasteiger partial charge in [-0.3, -0.25) is 0 Å². The number of anilines is 3. The van der Waals surface area contributed by atoms with E-state index in [9.17, 15) is 25.3 Å². The minimum atomic E-state index is -3.31. The second-order valence-electron chi connectivity index (χ2n) is 24.6. The molecule has 3 aromatic carbocycles. The standard InChI is InChI=1S/2C21H35N3O2S.C18H31N3O2S/c1-17(2)18-7-8-21(23-13-9-20(10-14-23)22(3)4)19(15-18)16-27(25,26)24-11-5-6-12-24;1-16(2)17-8-9-21(24-12-10-20(11-13-24)23(3)4)18(14-17)15-27(25,26)22-19-6-5-7-19;1-14(2)15-6-7-18(16(12-15)13-19-24(5,22)23)21-10-8-17(9-11-21)20(3)4/h7-8,15,17,20H,5-6,9-14,16H2,1-4H3;8-9,14,16,19-20,22H,5-7,10-13,15H2,1-4H3;6-7,12,14,17,19H,8-11,13H2,1-5H3. The second-order valence-corrected chi connectivity index (χ2v) is 30.2. The van der Waals surface area contributed by atoms with Gasteiger partial charge < -0.3 is 29.4 Å². The third-order valence-corrected chi connectivity index (χ3v) is 20.9. The van der Waals surface area contributed by atoms with Crippen LogP contribution in [-0.4, -0.2) is 169 Å². The van der Waals surface area contributed by atoms with Crippen molar-refractivity contribution in [3.63, 3.8) is 0 Å². The summed E-state index contributed by atoms with van der Waals surface area (Å²) in [4.78, 5) is 14.1. The first-order valence-electron chi connectivity index (χ1n) is 29.2. The van der Waals surface area contributed by atoms with E-state index in [-0.39, 0.29) is 17.5 Å². The van der Waals surface area contributed by atoms with Crippen molar-refractivity contribution in [3.8, 4) is 0 Å². The molecule has 0 unspecified atom stereocenters. The highest BCUT2D eigenvalue weighted by Gasteiger charge is 2.31. The average molecular weight is 1140 g/mol. The van der Waals surface area contributed by atoms with Crippen LogP contribution >= 0.6 is 0 Å². The average Bonchev–Trinajstić information content (AvgIpc) is 3.96. The zero-order valence-electron chi connectivity index (χ0n) is 50.1. The van der Waals surface area contributed by atoms with Crippen LogP contribution in [0.1, 0.15) is 163 Å². The molecule has 440 valence electrons. The lowest BCUT2D eigenvalue weighted by atomic mass is 9.94. The number of benzene rings is 3. The van der Waals surface area contributed by atoms with Crippen molar-refractivity contribution in [2.75, 3.05) is 116 Å². The molecule has 1 aliphatic carbocycles. The Morgan fingerprint density at radius 2 is 0.821 bits per heavy atom. The van der Waals surface area contributed by atoms with Gasteiger partial charge in [-0.1, -0.05) is 84.4 Å². The SMILES string of the molecule is CC(C)c1ccc(N2CCC(N(C)C)CC2)c(CNS(C)(=O)=O)c1.CC(C)c1ccc(N2CCC(N(C)C)CC2)c(CS(=O)(=O)N2CCCC2)c1.CC(C)c1ccc(N2CCC(N(C)C)CC2)c(CS(=O)(=O)NC2CCC2)c1. The Hall–Kier alpha value is -3.33. The molecular formula is C60H101N9O6S3. The van der Waals surface area contributed by atoms with Gasteiger partial charge in [0, 0.05) is 100 Å². The molecule has 5 aliphatic rings. The van der Waals surface area contributed by atoms with Crippen LogP contribution in [0, 0.1) is 0 Å². The lowest BCUT2D eigenvalue weighted by Crippen LogP contribution is -2.43. The molecule has 4 heterocycles. The fraction of sp³-hybridized carbons (Fsp3) is 0.700. The Balaban J connectivity index is 0.000000190. The first-order valence-corrected chi connectivity index (χ1v) is 34.4. The summed E-state index contributed by atoms with van der Waals surface area (Å²) in [6, 6.07) is 21.3. The van der Waals surface area contributed by atoms with Crippen molar-refractivity contribution in [3.05, 3.63) is 88.0 Å². The Labute approximate surface area is 474 Å². The number of hydrogen-bond donors (Lipinski definition) is 2. The number of nitrogens with zero attached hydrogens (tertiary/aromatic N) is 7. The highest BCUT2D eigenvalue weighted by atomic mass is 32.2. The smallest absolute Gasteiger partial charge is 0.218 e. The molecule has 3 aromatic rings. The normalized spacial score (nSPS) is 19.0. The molecular weight excluding hydrogens is 1040 g/mol. The summed E-state index contributed by atoms with van der Waals surface area (Å²) in [5.74, 6) is 1.41. The Bertz CT molecular complexity index is 2700. The van der Waals surface area contributed by atoms with Crippen LogP contribution in [0.25, 0.3) is 0 Å². The topological polar surface area (TPSA) is 149 Å². The lowest BCUT2D eigenvalue weighted by Gasteiger charge is -2.37. The van der Waals surface area contributed by atoms with E-state index in [0.717, 1.165) is 144 Å². The van der Waals surface area contributed by atoms with Crippen molar-refractivity contribution < 1.29 is 25.3 Å². The van der Waals surface area contributed by atoms with Gasteiger partial charge in [-0.15, -0.1) is 0 Å². The quantitative estimate of drug-likeness (QED) is 0.118. The van der Waals surface area contributed by atoms with Crippen LogP contribution < -0.4 is 24.1 Å². The molecule has 78 heavy (non-hydrogen) atoms. The van der Waals surface area contributed by atoms with E-state index in [4.69, 9.17) is 0 Å². The van der Waals surface area contributed by atoms with Crippen LogP contribution in [0.2, 0.25) is 0 Å². The molecule has 8 rings (SSSR count). The van der Waals surface area contributed by atoms with E-state index in [2.05, 4.69) is 177 Å². The van der Waals surface area contributed by atoms with E-state index in [1.165, 1.54) is 22.9 Å². The number of rotatable bonds is 19. The molecule has 5 fully saturated rings. The molecule has 0 amide bonds. The van der Waals surface area contributed by atoms with Gasteiger partial charge in [0.15, 0.2) is 0 Å². The van der Waals surface area contributed by atoms with Gasteiger partial charge in [-0.25, -0.2) is 39.0 Å². The van der Waals surface area contributed by atoms with Crippen LogP contribution in [0.15, 0.2) is 54.6 Å². The molecule has 15 nitrogen and oxygen atoms in total. The fourth-order valence-electron chi connectivity index (χ4n) is 11.6. The summed E-state index contributed by atoms with van der Waals surface area (Å²) in [5.41, 5.74) is 10.0. The predicted octanol–water partition coefficient (Wildman–Crippen LogP) is 8.97. The molecule has 18 heteroatoms.